The highest BCUT2D eigenvalue weighted by atomic mass is 35.5. The molecule has 1 N–H and O–H groups in total. The molecule has 6 heteroatoms. The molecule has 0 aliphatic heterocycles. The monoisotopic (exact) mass is 427 g/mol. The van der Waals surface area contributed by atoms with Crippen LogP contribution in [-0.4, -0.2) is 24.1 Å². The van der Waals surface area contributed by atoms with Gasteiger partial charge in [0.15, 0.2) is 0 Å². The van der Waals surface area contributed by atoms with E-state index >= 15 is 0 Å². The summed E-state index contributed by atoms with van der Waals surface area (Å²) in [5, 5.41) is 1.47. The number of nitrogens with one attached hydrogen (secondary N) is 1. The summed E-state index contributed by atoms with van der Waals surface area (Å²) >= 11 is 12.6. The normalized spacial score (nSPS) is 12.3. The van der Waals surface area contributed by atoms with Crippen molar-refractivity contribution in [1.82, 2.24) is 9.97 Å². The molecule has 2 heterocycles. The van der Waals surface area contributed by atoms with Gasteiger partial charge in [0.25, 0.3) is 0 Å². The molecular weight excluding hydrogens is 408 g/mol. The van der Waals surface area contributed by atoms with Crippen LogP contribution >= 0.6 is 23.2 Å². The summed E-state index contributed by atoms with van der Waals surface area (Å²) in [6.07, 6.45) is 3.74. The zero-order chi connectivity index (χ0) is 20.7. The molecule has 4 rings (SSSR count). The van der Waals surface area contributed by atoms with Gasteiger partial charge in [-0.2, -0.15) is 0 Å². The molecule has 0 saturated heterocycles. The third-order valence-electron chi connectivity index (χ3n) is 5.26. The Morgan fingerprint density at radius 3 is 2.45 bits per heavy atom. The highest BCUT2D eigenvalue weighted by molar-refractivity contribution is 6.36. The highest BCUT2D eigenvalue weighted by Gasteiger charge is 2.21. The summed E-state index contributed by atoms with van der Waals surface area (Å²) < 4.78 is 14.0. The second-order valence-electron chi connectivity index (χ2n) is 7.28. The lowest BCUT2D eigenvalue weighted by atomic mass is 9.92. The predicted molar refractivity (Wildman–Crippen MR) is 120 cm³/mol. The molecular formula is C23H20Cl2FN3. The van der Waals surface area contributed by atoms with E-state index in [1.165, 1.54) is 6.07 Å². The van der Waals surface area contributed by atoms with Crippen LogP contribution in [0.25, 0.3) is 22.2 Å². The Balaban J connectivity index is 1.79. The maximum Gasteiger partial charge on any atom is 0.142 e. The number of hydrogen-bond acceptors (Lipinski definition) is 2. The molecule has 0 fully saturated rings. The van der Waals surface area contributed by atoms with Crippen LogP contribution in [0.1, 0.15) is 24.0 Å². The number of aromatic nitrogens is 2. The molecule has 0 bridgehead atoms. The number of fused-ring (bicyclic) bond motifs is 1. The van der Waals surface area contributed by atoms with Gasteiger partial charge in [0.1, 0.15) is 11.5 Å². The average molecular weight is 428 g/mol. The standard InChI is InChI=1S/C23H20Cl2FN3/c1-13(21-19(24)8-9-20(26)22(21)25)18-12-28-23-17(18)10-15(11-27-23)14-4-6-16(7-5-14)29(2)3/h4-13H,1-3H3,(H,27,28). The minimum Gasteiger partial charge on any atom is -0.378 e. The number of nitrogens with zero attached hydrogens (tertiary/aromatic N) is 2. The Bertz CT molecular complexity index is 1180. The lowest BCUT2D eigenvalue weighted by Crippen LogP contribution is -2.07. The van der Waals surface area contributed by atoms with Crippen molar-refractivity contribution in [2.75, 3.05) is 19.0 Å². The molecule has 0 aliphatic rings. The minimum atomic E-state index is -0.474. The smallest absolute Gasteiger partial charge is 0.142 e. The SMILES string of the molecule is CC(c1c(Cl)ccc(F)c1Cl)c1c[nH]c2ncc(-c3ccc(N(C)C)cc3)cc12. The number of hydrogen-bond donors (Lipinski definition) is 1. The van der Waals surface area contributed by atoms with Gasteiger partial charge in [0, 0.05) is 54.1 Å². The molecule has 0 saturated carbocycles. The van der Waals surface area contributed by atoms with E-state index in [2.05, 4.69) is 45.2 Å². The number of anilines is 1. The van der Waals surface area contributed by atoms with Crippen molar-refractivity contribution in [2.45, 2.75) is 12.8 Å². The van der Waals surface area contributed by atoms with Gasteiger partial charge in [-0.05, 0) is 47.0 Å². The van der Waals surface area contributed by atoms with E-state index in [1.54, 1.807) is 6.07 Å². The number of H-pyrrole nitrogens is 1. The predicted octanol–water partition coefficient (Wildman–Crippen LogP) is 6.89. The first kappa shape index (κ1) is 19.7. The third-order valence-corrected chi connectivity index (χ3v) is 5.97. The van der Waals surface area contributed by atoms with Crippen molar-refractivity contribution in [3.8, 4) is 11.1 Å². The van der Waals surface area contributed by atoms with Crippen molar-refractivity contribution in [1.29, 1.82) is 0 Å². The van der Waals surface area contributed by atoms with Gasteiger partial charge >= 0.3 is 0 Å². The van der Waals surface area contributed by atoms with E-state index in [1.807, 2.05) is 33.4 Å². The Labute approximate surface area is 179 Å². The van der Waals surface area contributed by atoms with Crippen LogP contribution in [0.2, 0.25) is 10.0 Å². The maximum absolute atomic E-state index is 14.0. The molecule has 1 atom stereocenters. The first-order chi connectivity index (χ1) is 13.9. The number of aromatic amines is 1. The van der Waals surface area contributed by atoms with Gasteiger partial charge in [0.05, 0.1) is 5.02 Å². The van der Waals surface area contributed by atoms with Gasteiger partial charge in [0.2, 0.25) is 0 Å². The van der Waals surface area contributed by atoms with E-state index in [4.69, 9.17) is 23.2 Å². The maximum atomic E-state index is 14.0. The largest absolute Gasteiger partial charge is 0.378 e. The van der Waals surface area contributed by atoms with Gasteiger partial charge < -0.3 is 9.88 Å². The summed E-state index contributed by atoms with van der Waals surface area (Å²) in [6, 6.07) is 13.2. The quantitative estimate of drug-likeness (QED) is 0.359. The number of pyridine rings is 1. The molecule has 2 aromatic carbocycles. The molecule has 3 nitrogen and oxygen atoms in total. The summed E-state index contributed by atoms with van der Waals surface area (Å²) in [4.78, 5) is 9.82. The molecule has 0 aliphatic carbocycles. The Kier molecular flexibility index (Phi) is 5.24. The number of halogens is 3. The van der Waals surface area contributed by atoms with Gasteiger partial charge in [-0.15, -0.1) is 0 Å². The Morgan fingerprint density at radius 1 is 1.03 bits per heavy atom. The Morgan fingerprint density at radius 2 is 1.76 bits per heavy atom. The first-order valence-corrected chi connectivity index (χ1v) is 10.0. The fraction of sp³-hybridized carbons (Fsp3) is 0.174. The third kappa shape index (κ3) is 3.59. The fourth-order valence-corrected chi connectivity index (χ4v) is 4.28. The van der Waals surface area contributed by atoms with E-state index in [9.17, 15) is 4.39 Å². The average Bonchev–Trinajstić information content (AvgIpc) is 3.14. The topological polar surface area (TPSA) is 31.9 Å². The fourth-order valence-electron chi connectivity index (χ4n) is 3.59. The van der Waals surface area contributed by atoms with Gasteiger partial charge in [-0.1, -0.05) is 42.3 Å². The second kappa shape index (κ2) is 7.69. The molecule has 0 spiro atoms. The van der Waals surface area contributed by atoms with Crippen molar-refractivity contribution in [2.24, 2.45) is 0 Å². The van der Waals surface area contributed by atoms with E-state index < -0.39 is 5.82 Å². The van der Waals surface area contributed by atoms with Crippen LogP contribution in [0.15, 0.2) is 54.9 Å². The van der Waals surface area contributed by atoms with Gasteiger partial charge in [-0.25, -0.2) is 9.37 Å². The summed E-state index contributed by atoms with van der Waals surface area (Å²) in [6.45, 7) is 1.97. The van der Waals surface area contributed by atoms with Crippen LogP contribution in [0.3, 0.4) is 0 Å². The van der Waals surface area contributed by atoms with Crippen molar-refractivity contribution in [3.05, 3.63) is 81.8 Å². The van der Waals surface area contributed by atoms with Crippen molar-refractivity contribution < 1.29 is 4.39 Å². The molecule has 148 valence electrons. The molecule has 0 radical (unpaired) electrons. The van der Waals surface area contributed by atoms with E-state index in [0.717, 1.165) is 33.4 Å². The van der Waals surface area contributed by atoms with Crippen LogP contribution < -0.4 is 4.90 Å². The molecule has 2 aromatic heterocycles. The molecule has 0 amide bonds. The van der Waals surface area contributed by atoms with Crippen molar-refractivity contribution >= 4 is 39.9 Å². The van der Waals surface area contributed by atoms with Crippen LogP contribution in [0.4, 0.5) is 10.1 Å². The van der Waals surface area contributed by atoms with E-state index in [0.29, 0.717) is 10.6 Å². The van der Waals surface area contributed by atoms with Gasteiger partial charge in [-0.3, -0.25) is 0 Å². The zero-order valence-corrected chi connectivity index (χ0v) is 17.8. The van der Waals surface area contributed by atoms with Crippen LogP contribution in [-0.2, 0) is 0 Å². The molecule has 4 aromatic rings. The molecule has 29 heavy (non-hydrogen) atoms. The summed E-state index contributed by atoms with van der Waals surface area (Å²) in [5.41, 5.74) is 5.53. The summed E-state index contributed by atoms with van der Waals surface area (Å²) in [5.74, 6) is -0.676. The Hall–Kier alpha value is -2.56. The number of benzene rings is 2. The van der Waals surface area contributed by atoms with Crippen LogP contribution in [0.5, 0.6) is 0 Å². The summed E-state index contributed by atoms with van der Waals surface area (Å²) in [7, 11) is 4.03. The minimum absolute atomic E-state index is 0.0581. The lowest BCUT2D eigenvalue weighted by Gasteiger charge is -2.16. The first-order valence-electron chi connectivity index (χ1n) is 9.25. The second-order valence-corrected chi connectivity index (χ2v) is 8.07. The zero-order valence-electron chi connectivity index (χ0n) is 16.3. The van der Waals surface area contributed by atoms with Crippen molar-refractivity contribution in [3.63, 3.8) is 0 Å². The lowest BCUT2D eigenvalue weighted by molar-refractivity contribution is 0.625. The van der Waals surface area contributed by atoms with E-state index in [-0.39, 0.29) is 10.9 Å². The van der Waals surface area contributed by atoms with Crippen LogP contribution in [0, 0.1) is 5.82 Å². The molecule has 1 unspecified atom stereocenters. The number of rotatable bonds is 4. The highest BCUT2D eigenvalue weighted by Crippen LogP contribution is 2.39.